The maximum absolute atomic E-state index is 11.5. The molecule has 0 atom stereocenters. The summed E-state index contributed by atoms with van der Waals surface area (Å²) >= 11 is 0. The van der Waals surface area contributed by atoms with Crippen molar-refractivity contribution in [1.82, 2.24) is 4.90 Å². The van der Waals surface area contributed by atoms with Crippen LogP contribution in [0.25, 0.3) is 0 Å². The van der Waals surface area contributed by atoms with Crippen molar-refractivity contribution in [2.75, 3.05) is 38.2 Å². The van der Waals surface area contributed by atoms with Crippen LogP contribution in [0.15, 0.2) is 36.4 Å². The number of hydrogen-bond donors (Lipinski definition) is 0. The second-order valence-electron chi connectivity index (χ2n) is 7.10. The van der Waals surface area contributed by atoms with Crippen molar-refractivity contribution in [3.05, 3.63) is 63.2 Å². The Bertz CT molecular complexity index is 889. The maximum Gasteiger partial charge on any atom is 0.293 e. The number of methoxy groups -OCH3 is 1. The average Bonchev–Trinajstić information content (AvgIpc) is 2.68. The Hall–Kier alpha value is -2.93. The van der Waals surface area contributed by atoms with Crippen LogP contribution in [0.4, 0.5) is 11.4 Å². The lowest BCUT2D eigenvalue weighted by Crippen LogP contribution is -2.46. The second kappa shape index (κ2) is 8.39. The summed E-state index contributed by atoms with van der Waals surface area (Å²) in [5.41, 5.74) is 3.26. The van der Waals surface area contributed by atoms with Crippen molar-refractivity contribution in [1.29, 1.82) is 0 Å². The Morgan fingerprint density at radius 3 is 2.46 bits per heavy atom. The van der Waals surface area contributed by atoms with Crippen LogP contribution >= 0.6 is 0 Å². The topological polar surface area (TPSA) is 75.9 Å². The summed E-state index contributed by atoms with van der Waals surface area (Å²) in [6, 6.07) is 10.9. The van der Waals surface area contributed by atoms with Crippen LogP contribution < -0.4 is 9.64 Å². The van der Waals surface area contributed by atoms with Crippen LogP contribution in [0, 0.1) is 17.0 Å². The van der Waals surface area contributed by atoms with Crippen LogP contribution in [0.3, 0.4) is 0 Å². The number of carbonyl (C=O) groups is 1. The number of hydrogen-bond acceptors (Lipinski definition) is 6. The van der Waals surface area contributed by atoms with E-state index < -0.39 is 4.92 Å². The molecule has 1 heterocycles. The summed E-state index contributed by atoms with van der Waals surface area (Å²) in [6.45, 7) is 7.22. The molecule has 7 nitrogen and oxygen atoms in total. The van der Waals surface area contributed by atoms with E-state index in [0.717, 1.165) is 30.9 Å². The number of Topliss-reactive ketones (excluding diaryl/α,β-unsaturated/α-hetero) is 1. The van der Waals surface area contributed by atoms with Crippen molar-refractivity contribution in [3.8, 4) is 5.75 Å². The highest BCUT2D eigenvalue weighted by molar-refractivity contribution is 5.95. The number of rotatable bonds is 6. The van der Waals surface area contributed by atoms with E-state index in [0.29, 0.717) is 24.3 Å². The zero-order chi connectivity index (χ0) is 20.3. The van der Waals surface area contributed by atoms with Gasteiger partial charge in [-0.25, -0.2) is 0 Å². The number of anilines is 1. The fourth-order valence-corrected chi connectivity index (χ4v) is 3.57. The monoisotopic (exact) mass is 383 g/mol. The molecule has 0 bridgehead atoms. The van der Waals surface area contributed by atoms with Crippen LogP contribution in [-0.2, 0) is 6.54 Å². The van der Waals surface area contributed by atoms with Crippen LogP contribution in [0.2, 0.25) is 0 Å². The zero-order valence-corrected chi connectivity index (χ0v) is 16.5. The smallest absolute Gasteiger partial charge is 0.293 e. The van der Waals surface area contributed by atoms with Gasteiger partial charge in [0.15, 0.2) is 5.78 Å². The Morgan fingerprint density at radius 2 is 1.86 bits per heavy atom. The molecule has 0 radical (unpaired) electrons. The third kappa shape index (κ3) is 4.31. The molecular weight excluding hydrogens is 358 g/mol. The largest absolute Gasteiger partial charge is 0.496 e. The van der Waals surface area contributed by atoms with Crippen LogP contribution in [-0.4, -0.2) is 48.9 Å². The number of nitrogens with zero attached hydrogens (tertiary/aromatic N) is 3. The number of piperazine rings is 1. The predicted octanol–water partition coefficient (Wildman–Crippen LogP) is 3.44. The van der Waals surface area contributed by atoms with Gasteiger partial charge in [0, 0.05) is 49.9 Å². The molecule has 148 valence electrons. The number of carbonyl (C=O) groups excluding carboxylic acids is 1. The van der Waals surface area contributed by atoms with Crippen molar-refractivity contribution >= 4 is 17.2 Å². The summed E-state index contributed by atoms with van der Waals surface area (Å²) in [6.07, 6.45) is 0. The number of ether oxygens (including phenoxy) is 1. The maximum atomic E-state index is 11.5. The van der Waals surface area contributed by atoms with E-state index >= 15 is 0 Å². The number of nitro groups is 1. The third-order valence-corrected chi connectivity index (χ3v) is 5.12. The highest BCUT2D eigenvalue weighted by Gasteiger charge is 2.25. The minimum atomic E-state index is -0.411. The first-order valence-corrected chi connectivity index (χ1v) is 9.29. The van der Waals surface area contributed by atoms with Crippen molar-refractivity contribution in [3.63, 3.8) is 0 Å². The molecule has 3 rings (SSSR count). The summed E-state index contributed by atoms with van der Waals surface area (Å²) in [5, 5.41) is 11.5. The molecule has 1 aliphatic heterocycles. The molecule has 0 aliphatic carbocycles. The molecule has 1 fully saturated rings. The lowest BCUT2D eigenvalue weighted by molar-refractivity contribution is -0.384. The van der Waals surface area contributed by atoms with Gasteiger partial charge in [-0.1, -0.05) is 17.7 Å². The molecule has 0 saturated carbocycles. The van der Waals surface area contributed by atoms with Gasteiger partial charge < -0.3 is 9.64 Å². The third-order valence-electron chi connectivity index (χ3n) is 5.12. The molecule has 28 heavy (non-hydrogen) atoms. The standard InChI is InChI=1S/C21H25N3O4/c1-15-4-7-21(28-3)18(12-15)14-22-8-10-23(11-9-22)19-6-5-17(16(2)25)13-20(19)24(26)27/h4-7,12-13H,8-11,14H2,1-3H3. The molecule has 1 saturated heterocycles. The Labute approximate surface area is 164 Å². The summed E-state index contributed by atoms with van der Waals surface area (Å²) in [4.78, 5) is 27.0. The van der Waals surface area contributed by atoms with Crippen molar-refractivity contribution < 1.29 is 14.5 Å². The van der Waals surface area contributed by atoms with Crippen LogP contribution in [0.1, 0.15) is 28.4 Å². The lowest BCUT2D eigenvalue weighted by atomic mass is 10.1. The van der Waals surface area contributed by atoms with E-state index in [1.807, 2.05) is 17.0 Å². The van der Waals surface area contributed by atoms with Gasteiger partial charge in [0.2, 0.25) is 0 Å². The molecule has 0 unspecified atom stereocenters. The molecule has 2 aromatic carbocycles. The minimum absolute atomic E-state index is 0.0125. The molecule has 0 amide bonds. The van der Waals surface area contributed by atoms with Crippen molar-refractivity contribution in [2.24, 2.45) is 0 Å². The highest BCUT2D eigenvalue weighted by Crippen LogP contribution is 2.31. The van der Waals surface area contributed by atoms with Gasteiger partial charge in [-0.15, -0.1) is 0 Å². The zero-order valence-electron chi connectivity index (χ0n) is 16.5. The Balaban J connectivity index is 1.71. The lowest BCUT2D eigenvalue weighted by Gasteiger charge is -2.36. The Kier molecular flexibility index (Phi) is 5.94. The predicted molar refractivity (Wildman–Crippen MR) is 108 cm³/mol. The van der Waals surface area contributed by atoms with E-state index in [2.05, 4.69) is 17.9 Å². The number of aryl methyl sites for hydroxylation is 1. The first-order chi connectivity index (χ1) is 13.4. The summed E-state index contributed by atoms with van der Waals surface area (Å²) in [7, 11) is 1.68. The Morgan fingerprint density at radius 1 is 1.14 bits per heavy atom. The van der Waals surface area contributed by atoms with Crippen molar-refractivity contribution in [2.45, 2.75) is 20.4 Å². The molecule has 1 aliphatic rings. The molecule has 0 N–H and O–H groups in total. The SMILES string of the molecule is COc1ccc(C)cc1CN1CCN(c2ccc(C(C)=O)cc2[N+](=O)[O-])CC1. The quantitative estimate of drug-likeness (QED) is 0.432. The molecule has 0 aromatic heterocycles. The summed E-state index contributed by atoms with van der Waals surface area (Å²) in [5.74, 6) is 0.704. The van der Waals surface area contributed by atoms with Gasteiger partial charge in [0.25, 0.3) is 5.69 Å². The van der Waals surface area contributed by atoms with Gasteiger partial charge in [0.1, 0.15) is 11.4 Å². The van der Waals surface area contributed by atoms with Gasteiger partial charge in [0.05, 0.1) is 12.0 Å². The first-order valence-electron chi connectivity index (χ1n) is 9.29. The first kappa shape index (κ1) is 19.8. The van der Waals surface area contributed by atoms with E-state index in [4.69, 9.17) is 4.74 Å². The number of benzene rings is 2. The molecule has 0 spiro atoms. The van der Waals surface area contributed by atoms with E-state index in [1.165, 1.54) is 18.6 Å². The van der Waals surface area contributed by atoms with E-state index in [-0.39, 0.29) is 11.5 Å². The molecular formula is C21H25N3O4. The van der Waals surface area contributed by atoms with Gasteiger partial charge >= 0.3 is 0 Å². The minimum Gasteiger partial charge on any atom is -0.496 e. The second-order valence-corrected chi connectivity index (χ2v) is 7.10. The fraction of sp³-hybridized carbons (Fsp3) is 0.381. The summed E-state index contributed by atoms with van der Waals surface area (Å²) < 4.78 is 5.47. The van der Waals surface area contributed by atoms with Gasteiger partial charge in [-0.05, 0) is 32.0 Å². The fourth-order valence-electron chi connectivity index (χ4n) is 3.57. The van der Waals surface area contributed by atoms with E-state index in [1.54, 1.807) is 19.2 Å². The van der Waals surface area contributed by atoms with Gasteiger partial charge in [-0.2, -0.15) is 0 Å². The normalized spacial score (nSPS) is 14.8. The van der Waals surface area contributed by atoms with Gasteiger partial charge in [-0.3, -0.25) is 19.8 Å². The number of nitro benzene ring substituents is 1. The number of ketones is 1. The highest BCUT2D eigenvalue weighted by atomic mass is 16.6. The molecule has 7 heteroatoms. The van der Waals surface area contributed by atoms with E-state index in [9.17, 15) is 14.9 Å². The average molecular weight is 383 g/mol. The van der Waals surface area contributed by atoms with Crippen LogP contribution in [0.5, 0.6) is 5.75 Å². The molecule has 2 aromatic rings.